The monoisotopic (exact) mass is 246 g/mol. The standard InChI is InChI=1S/C16H22O2/c1-18-16(11-7-2-3-8-12-16)15(17)13-14-9-5-4-6-10-14/h4-6,9-10H,2-3,7-8,11-13H2,1H3. The van der Waals surface area contributed by atoms with Crippen LogP contribution in [0.3, 0.4) is 0 Å². The third-order valence-corrected chi connectivity index (χ3v) is 4.02. The molecular weight excluding hydrogens is 224 g/mol. The normalized spacial score (nSPS) is 19.2. The summed E-state index contributed by atoms with van der Waals surface area (Å²) in [6.07, 6.45) is 6.93. The molecule has 18 heavy (non-hydrogen) atoms. The van der Waals surface area contributed by atoms with E-state index in [1.807, 2.05) is 30.3 Å². The van der Waals surface area contributed by atoms with Crippen LogP contribution in [0.1, 0.15) is 44.1 Å². The minimum Gasteiger partial charge on any atom is -0.370 e. The molecule has 2 nitrogen and oxygen atoms in total. The van der Waals surface area contributed by atoms with Crippen LogP contribution in [0.25, 0.3) is 0 Å². The Morgan fingerprint density at radius 1 is 1.11 bits per heavy atom. The number of rotatable bonds is 4. The van der Waals surface area contributed by atoms with Gasteiger partial charge in [-0.05, 0) is 18.4 Å². The first-order valence-electron chi connectivity index (χ1n) is 6.89. The smallest absolute Gasteiger partial charge is 0.168 e. The molecule has 0 amide bonds. The molecule has 0 atom stereocenters. The zero-order chi connectivity index (χ0) is 12.8. The fourth-order valence-electron chi connectivity index (χ4n) is 2.84. The van der Waals surface area contributed by atoms with Crippen molar-refractivity contribution in [3.05, 3.63) is 35.9 Å². The third kappa shape index (κ3) is 2.99. The molecule has 1 fully saturated rings. The molecule has 0 heterocycles. The number of hydrogen-bond donors (Lipinski definition) is 0. The highest BCUT2D eigenvalue weighted by Crippen LogP contribution is 2.31. The Kier molecular flexibility index (Phi) is 4.54. The summed E-state index contributed by atoms with van der Waals surface area (Å²) in [5.74, 6) is 0.248. The van der Waals surface area contributed by atoms with Gasteiger partial charge in [0.2, 0.25) is 0 Å². The van der Waals surface area contributed by atoms with E-state index in [1.54, 1.807) is 7.11 Å². The van der Waals surface area contributed by atoms with Crippen molar-refractivity contribution in [2.24, 2.45) is 0 Å². The molecule has 0 saturated heterocycles. The molecule has 0 N–H and O–H groups in total. The lowest BCUT2D eigenvalue weighted by atomic mass is 9.86. The Labute approximate surface area is 109 Å². The SMILES string of the molecule is COC1(C(=O)Cc2ccccc2)CCCCCC1. The van der Waals surface area contributed by atoms with E-state index in [0.717, 1.165) is 31.2 Å². The lowest BCUT2D eigenvalue weighted by Crippen LogP contribution is -2.41. The molecule has 0 spiro atoms. The summed E-state index contributed by atoms with van der Waals surface area (Å²) in [6.45, 7) is 0. The van der Waals surface area contributed by atoms with Crippen LogP contribution in [0.15, 0.2) is 30.3 Å². The van der Waals surface area contributed by atoms with Crippen LogP contribution in [-0.4, -0.2) is 18.5 Å². The summed E-state index contributed by atoms with van der Waals surface area (Å²) < 4.78 is 5.64. The van der Waals surface area contributed by atoms with E-state index in [9.17, 15) is 4.79 Å². The first-order valence-corrected chi connectivity index (χ1v) is 6.89. The Hall–Kier alpha value is -1.15. The van der Waals surface area contributed by atoms with Gasteiger partial charge in [0.05, 0.1) is 0 Å². The predicted molar refractivity (Wildman–Crippen MR) is 72.6 cm³/mol. The summed E-state index contributed by atoms with van der Waals surface area (Å²) in [7, 11) is 1.69. The molecule has 2 heteroatoms. The second kappa shape index (κ2) is 6.14. The van der Waals surface area contributed by atoms with Gasteiger partial charge in [0, 0.05) is 13.5 Å². The molecule has 0 unspecified atom stereocenters. The van der Waals surface area contributed by atoms with E-state index in [-0.39, 0.29) is 5.78 Å². The van der Waals surface area contributed by atoms with Crippen molar-refractivity contribution in [3.8, 4) is 0 Å². The first kappa shape index (κ1) is 13.3. The van der Waals surface area contributed by atoms with Crippen molar-refractivity contribution in [2.75, 3.05) is 7.11 Å². The average Bonchev–Trinajstić information content (AvgIpc) is 2.66. The number of methoxy groups -OCH3 is 1. The molecule has 0 bridgehead atoms. The molecule has 1 aromatic carbocycles. The lowest BCUT2D eigenvalue weighted by molar-refractivity contribution is -0.142. The molecule has 2 rings (SSSR count). The maximum absolute atomic E-state index is 12.5. The zero-order valence-electron chi connectivity index (χ0n) is 11.2. The number of carbonyl (C=O) groups excluding carboxylic acids is 1. The first-order chi connectivity index (χ1) is 8.77. The van der Waals surface area contributed by atoms with Crippen LogP contribution >= 0.6 is 0 Å². The maximum Gasteiger partial charge on any atom is 0.168 e. The number of Topliss-reactive ketones (excluding diaryl/α,β-unsaturated/α-hetero) is 1. The van der Waals surface area contributed by atoms with E-state index < -0.39 is 5.60 Å². The van der Waals surface area contributed by atoms with Crippen molar-refractivity contribution in [3.63, 3.8) is 0 Å². The predicted octanol–water partition coefficient (Wildman–Crippen LogP) is 3.54. The van der Waals surface area contributed by atoms with Crippen molar-refractivity contribution < 1.29 is 9.53 Å². The van der Waals surface area contributed by atoms with Crippen LogP contribution in [0, 0.1) is 0 Å². The van der Waals surface area contributed by atoms with Crippen LogP contribution in [0.5, 0.6) is 0 Å². The minimum atomic E-state index is -0.521. The van der Waals surface area contributed by atoms with Gasteiger partial charge < -0.3 is 4.74 Å². The van der Waals surface area contributed by atoms with Crippen LogP contribution in [-0.2, 0) is 16.0 Å². The molecule has 0 radical (unpaired) electrons. The second-order valence-electron chi connectivity index (χ2n) is 5.20. The van der Waals surface area contributed by atoms with Gasteiger partial charge >= 0.3 is 0 Å². The number of hydrogen-bond acceptors (Lipinski definition) is 2. The van der Waals surface area contributed by atoms with Gasteiger partial charge in [0.1, 0.15) is 5.60 Å². The Morgan fingerprint density at radius 3 is 2.28 bits per heavy atom. The Balaban J connectivity index is 2.09. The van der Waals surface area contributed by atoms with Gasteiger partial charge in [0.25, 0.3) is 0 Å². The highest BCUT2D eigenvalue weighted by atomic mass is 16.5. The van der Waals surface area contributed by atoms with Crippen LogP contribution in [0.4, 0.5) is 0 Å². The minimum absolute atomic E-state index is 0.248. The van der Waals surface area contributed by atoms with Gasteiger partial charge in [-0.2, -0.15) is 0 Å². The molecule has 0 aliphatic heterocycles. The third-order valence-electron chi connectivity index (χ3n) is 4.02. The Morgan fingerprint density at radius 2 is 1.72 bits per heavy atom. The highest BCUT2D eigenvalue weighted by molar-refractivity contribution is 5.89. The number of benzene rings is 1. The maximum atomic E-state index is 12.5. The van der Waals surface area contributed by atoms with Crippen molar-refractivity contribution in [1.29, 1.82) is 0 Å². The highest BCUT2D eigenvalue weighted by Gasteiger charge is 2.37. The van der Waals surface area contributed by atoms with E-state index in [4.69, 9.17) is 4.74 Å². The second-order valence-corrected chi connectivity index (χ2v) is 5.20. The summed E-state index contributed by atoms with van der Waals surface area (Å²) >= 11 is 0. The zero-order valence-corrected chi connectivity index (χ0v) is 11.2. The average molecular weight is 246 g/mol. The van der Waals surface area contributed by atoms with Crippen molar-refractivity contribution in [2.45, 2.75) is 50.5 Å². The molecule has 0 aromatic heterocycles. The van der Waals surface area contributed by atoms with Crippen molar-refractivity contribution in [1.82, 2.24) is 0 Å². The fraction of sp³-hybridized carbons (Fsp3) is 0.562. The number of carbonyl (C=O) groups is 1. The van der Waals surface area contributed by atoms with Gasteiger partial charge in [-0.15, -0.1) is 0 Å². The largest absolute Gasteiger partial charge is 0.370 e. The van der Waals surface area contributed by atoms with Gasteiger partial charge in [-0.1, -0.05) is 56.0 Å². The van der Waals surface area contributed by atoms with Crippen LogP contribution < -0.4 is 0 Å². The van der Waals surface area contributed by atoms with Crippen molar-refractivity contribution >= 4 is 5.78 Å². The van der Waals surface area contributed by atoms with Gasteiger partial charge in [-0.3, -0.25) is 4.79 Å². The fourth-order valence-corrected chi connectivity index (χ4v) is 2.84. The topological polar surface area (TPSA) is 26.3 Å². The lowest BCUT2D eigenvalue weighted by Gasteiger charge is -2.29. The molecule has 1 saturated carbocycles. The molecule has 98 valence electrons. The van der Waals surface area contributed by atoms with E-state index in [0.29, 0.717) is 6.42 Å². The van der Waals surface area contributed by atoms with Gasteiger partial charge in [-0.25, -0.2) is 0 Å². The summed E-state index contributed by atoms with van der Waals surface area (Å²) in [4.78, 5) is 12.5. The molecule has 1 aliphatic rings. The molecule has 1 aromatic rings. The summed E-state index contributed by atoms with van der Waals surface area (Å²) in [5.41, 5.74) is 0.565. The molecular formula is C16H22O2. The number of ether oxygens (including phenoxy) is 1. The van der Waals surface area contributed by atoms with E-state index >= 15 is 0 Å². The van der Waals surface area contributed by atoms with E-state index in [2.05, 4.69) is 0 Å². The summed E-state index contributed by atoms with van der Waals surface area (Å²) in [6, 6.07) is 9.96. The quantitative estimate of drug-likeness (QED) is 0.760. The van der Waals surface area contributed by atoms with Crippen LogP contribution in [0.2, 0.25) is 0 Å². The Bertz CT molecular complexity index is 375. The van der Waals surface area contributed by atoms with Gasteiger partial charge in [0.15, 0.2) is 5.78 Å². The molecule has 1 aliphatic carbocycles. The number of ketones is 1. The van der Waals surface area contributed by atoms with E-state index in [1.165, 1.54) is 12.8 Å². The summed E-state index contributed by atoms with van der Waals surface area (Å²) in [5, 5.41) is 0.